The van der Waals surface area contributed by atoms with Gasteiger partial charge in [-0.25, -0.2) is 14.2 Å². The number of carbonyl (C=O) groups is 1. The molecule has 0 fully saturated rings. The predicted molar refractivity (Wildman–Crippen MR) is 120 cm³/mol. The smallest absolute Gasteiger partial charge is 0.323 e. The van der Waals surface area contributed by atoms with Gasteiger partial charge in [0.2, 0.25) is 6.39 Å². The van der Waals surface area contributed by atoms with Gasteiger partial charge in [0.05, 0.1) is 5.69 Å². The van der Waals surface area contributed by atoms with E-state index in [-0.39, 0.29) is 23.3 Å². The Hall–Kier alpha value is -5.06. The topological polar surface area (TPSA) is 120 Å². The number of carbonyl (C=O) groups excluding carboxylic acids is 1. The number of hydrogen-bond donors (Lipinski definition) is 2. The maximum absolute atomic E-state index is 14.3. The third-order valence-electron chi connectivity index (χ3n) is 4.61. The monoisotopic (exact) mass is 457 g/mol. The number of ether oxygens (including phenoxy) is 1. The van der Waals surface area contributed by atoms with Gasteiger partial charge in [0.15, 0.2) is 0 Å². The number of nitrogens with zero attached hydrogens (tertiary/aromatic N) is 5. The van der Waals surface area contributed by atoms with E-state index >= 15 is 0 Å². The average Bonchev–Trinajstić information content (AvgIpc) is 3.56. The Morgan fingerprint density at radius 1 is 1.03 bits per heavy atom. The van der Waals surface area contributed by atoms with Crippen LogP contribution in [-0.2, 0) is 0 Å². The summed E-state index contributed by atoms with van der Waals surface area (Å²) in [6.45, 7) is 0. The molecule has 168 valence electrons. The van der Waals surface area contributed by atoms with E-state index < -0.39 is 11.8 Å². The second-order valence-corrected chi connectivity index (χ2v) is 6.93. The van der Waals surface area contributed by atoms with Gasteiger partial charge < -0.3 is 24.4 Å². The van der Waals surface area contributed by atoms with Gasteiger partial charge >= 0.3 is 12.0 Å². The number of hydrogen-bond acceptors (Lipinski definition) is 7. The highest BCUT2D eigenvalue weighted by atomic mass is 19.1. The lowest BCUT2D eigenvalue weighted by molar-refractivity contribution is 0.262. The molecule has 0 spiro atoms. The van der Waals surface area contributed by atoms with Crippen molar-refractivity contribution in [1.29, 1.82) is 0 Å². The molecule has 34 heavy (non-hydrogen) atoms. The molecule has 0 bridgehead atoms. The minimum Gasteiger partial charge on any atom is -0.424 e. The molecular weight excluding hydrogens is 441 g/mol. The van der Waals surface area contributed by atoms with Crippen molar-refractivity contribution >= 4 is 17.4 Å². The van der Waals surface area contributed by atoms with E-state index in [0.717, 1.165) is 5.69 Å². The van der Waals surface area contributed by atoms with Gasteiger partial charge in [-0.3, -0.25) is 0 Å². The predicted octanol–water partition coefficient (Wildman–Crippen LogP) is 4.89. The number of aromatic nitrogens is 5. The van der Waals surface area contributed by atoms with Crippen molar-refractivity contribution in [3.05, 3.63) is 91.5 Å². The molecule has 0 radical (unpaired) electrons. The van der Waals surface area contributed by atoms with Crippen molar-refractivity contribution in [3.8, 4) is 29.0 Å². The van der Waals surface area contributed by atoms with Crippen molar-refractivity contribution in [2.45, 2.75) is 0 Å². The first-order valence-corrected chi connectivity index (χ1v) is 10.0. The van der Waals surface area contributed by atoms with Crippen LogP contribution in [0.15, 0.2) is 90.1 Å². The Morgan fingerprint density at radius 3 is 2.74 bits per heavy atom. The minimum absolute atomic E-state index is 0.0143. The van der Waals surface area contributed by atoms with Gasteiger partial charge in [-0.2, -0.15) is 4.98 Å². The molecule has 0 aliphatic rings. The van der Waals surface area contributed by atoms with Crippen molar-refractivity contribution in [2.24, 2.45) is 0 Å². The first-order valence-electron chi connectivity index (χ1n) is 10.0. The SMILES string of the molecule is O=C(Nc1cccc(-n2cccc2)c1)Nc1cc(Oc2nccc(-c3nnco3)n2)ccc1F. The standard InChI is InChI=1S/C23H16FN7O3/c24-18-7-6-17(34-23-25-9-8-19(29-23)21-30-26-14-33-21)13-20(18)28-22(32)27-15-4-3-5-16(12-15)31-10-1-2-11-31/h1-14H,(H2,27,28,32). The number of amides is 2. The second-order valence-electron chi connectivity index (χ2n) is 6.93. The summed E-state index contributed by atoms with van der Waals surface area (Å²) in [6, 6.07) is 15.9. The summed E-state index contributed by atoms with van der Waals surface area (Å²) >= 11 is 0. The summed E-state index contributed by atoms with van der Waals surface area (Å²) in [5.41, 5.74) is 1.70. The molecule has 0 atom stereocenters. The van der Waals surface area contributed by atoms with Crippen LogP contribution in [0, 0.1) is 5.82 Å². The fourth-order valence-electron chi connectivity index (χ4n) is 3.10. The summed E-state index contributed by atoms with van der Waals surface area (Å²) in [7, 11) is 0. The molecule has 5 rings (SSSR count). The fourth-order valence-corrected chi connectivity index (χ4v) is 3.10. The number of anilines is 2. The molecule has 0 saturated carbocycles. The number of nitrogens with one attached hydrogen (secondary N) is 2. The van der Waals surface area contributed by atoms with Gasteiger partial charge in [-0.15, -0.1) is 10.2 Å². The molecule has 3 aromatic heterocycles. The quantitative estimate of drug-likeness (QED) is 0.372. The molecule has 3 heterocycles. The van der Waals surface area contributed by atoms with E-state index in [4.69, 9.17) is 9.15 Å². The molecule has 2 N–H and O–H groups in total. The van der Waals surface area contributed by atoms with E-state index in [0.29, 0.717) is 11.4 Å². The van der Waals surface area contributed by atoms with Crippen molar-refractivity contribution in [1.82, 2.24) is 24.7 Å². The van der Waals surface area contributed by atoms with Crippen LogP contribution < -0.4 is 15.4 Å². The highest BCUT2D eigenvalue weighted by molar-refractivity contribution is 6.00. The molecular formula is C23H16FN7O3. The third-order valence-corrected chi connectivity index (χ3v) is 4.61. The third kappa shape index (κ3) is 4.72. The second kappa shape index (κ2) is 9.20. The van der Waals surface area contributed by atoms with Crippen molar-refractivity contribution < 1.29 is 18.3 Å². The summed E-state index contributed by atoms with van der Waals surface area (Å²) in [4.78, 5) is 20.7. The Labute approximate surface area is 192 Å². The summed E-state index contributed by atoms with van der Waals surface area (Å²) in [6.07, 6.45) is 6.42. The average molecular weight is 457 g/mol. The summed E-state index contributed by atoms with van der Waals surface area (Å²) in [5.74, 6) is -0.218. The zero-order valence-corrected chi connectivity index (χ0v) is 17.4. The van der Waals surface area contributed by atoms with E-state index in [2.05, 4.69) is 30.8 Å². The summed E-state index contributed by atoms with van der Waals surface area (Å²) in [5, 5.41) is 12.6. The maximum Gasteiger partial charge on any atom is 0.323 e. The van der Waals surface area contributed by atoms with Crippen LogP contribution in [0.5, 0.6) is 11.8 Å². The highest BCUT2D eigenvalue weighted by Gasteiger charge is 2.12. The molecule has 2 amide bonds. The zero-order chi connectivity index (χ0) is 23.3. The fraction of sp³-hybridized carbons (Fsp3) is 0. The lowest BCUT2D eigenvalue weighted by Gasteiger charge is -2.11. The van der Waals surface area contributed by atoms with Gasteiger partial charge in [-0.1, -0.05) is 6.07 Å². The van der Waals surface area contributed by atoms with E-state index in [1.807, 2.05) is 41.2 Å². The van der Waals surface area contributed by atoms with Gasteiger partial charge in [0, 0.05) is 36.0 Å². The molecule has 5 aromatic rings. The Balaban J connectivity index is 1.28. The van der Waals surface area contributed by atoms with Crippen LogP contribution in [0.25, 0.3) is 17.3 Å². The van der Waals surface area contributed by atoms with Crippen LogP contribution in [0.3, 0.4) is 0 Å². The largest absolute Gasteiger partial charge is 0.424 e. The molecule has 0 unspecified atom stereocenters. The number of halogens is 1. The number of urea groups is 1. The first-order chi connectivity index (χ1) is 16.6. The molecule has 0 aliphatic heterocycles. The van der Waals surface area contributed by atoms with Gasteiger partial charge in [0.1, 0.15) is 17.3 Å². The molecule has 0 saturated heterocycles. The van der Waals surface area contributed by atoms with Crippen molar-refractivity contribution in [3.63, 3.8) is 0 Å². The van der Waals surface area contributed by atoms with Crippen LogP contribution in [-0.4, -0.2) is 30.8 Å². The van der Waals surface area contributed by atoms with Crippen LogP contribution in [0.4, 0.5) is 20.6 Å². The van der Waals surface area contributed by atoms with Gasteiger partial charge in [-0.05, 0) is 48.5 Å². The Kier molecular flexibility index (Phi) is 5.64. The number of rotatable bonds is 6. The lowest BCUT2D eigenvalue weighted by atomic mass is 10.2. The van der Waals surface area contributed by atoms with Crippen LogP contribution in [0.1, 0.15) is 0 Å². The van der Waals surface area contributed by atoms with E-state index in [9.17, 15) is 9.18 Å². The maximum atomic E-state index is 14.3. The van der Waals surface area contributed by atoms with Crippen molar-refractivity contribution in [2.75, 3.05) is 10.6 Å². The minimum atomic E-state index is -0.635. The van der Waals surface area contributed by atoms with Gasteiger partial charge in [0.25, 0.3) is 5.89 Å². The zero-order valence-electron chi connectivity index (χ0n) is 17.4. The highest BCUT2D eigenvalue weighted by Crippen LogP contribution is 2.26. The molecule has 11 heteroatoms. The molecule has 10 nitrogen and oxygen atoms in total. The Bertz CT molecular complexity index is 1420. The lowest BCUT2D eigenvalue weighted by Crippen LogP contribution is -2.20. The van der Waals surface area contributed by atoms with Crippen LogP contribution >= 0.6 is 0 Å². The normalized spacial score (nSPS) is 10.6. The first kappa shape index (κ1) is 20.8. The van der Waals surface area contributed by atoms with E-state index in [1.165, 1.54) is 30.8 Å². The number of benzene rings is 2. The van der Waals surface area contributed by atoms with E-state index in [1.54, 1.807) is 18.2 Å². The van der Waals surface area contributed by atoms with Crippen LogP contribution in [0.2, 0.25) is 0 Å². The summed E-state index contributed by atoms with van der Waals surface area (Å²) < 4.78 is 27.0. The molecule has 0 aliphatic carbocycles. The Morgan fingerprint density at radius 2 is 1.91 bits per heavy atom. The molecule has 2 aromatic carbocycles.